The van der Waals surface area contributed by atoms with Crippen LogP contribution in [0.3, 0.4) is 0 Å². The highest BCUT2D eigenvalue weighted by atomic mass is 16.5. The van der Waals surface area contributed by atoms with Crippen molar-refractivity contribution in [2.24, 2.45) is 0 Å². The van der Waals surface area contributed by atoms with Gasteiger partial charge in [-0.3, -0.25) is 4.40 Å². The molecule has 0 bridgehead atoms. The second-order valence-corrected chi connectivity index (χ2v) is 4.53. The average Bonchev–Trinajstić information content (AvgIpc) is 3.17. The number of methoxy groups -OCH3 is 1. The number of ether oxygens (including phenoxy) is 2. The minimum Gasteiger partial charge on any atom is -0.475 e. The monoisotopic (exact) mass is 261 g/mol. The molecule has 0 aliphatic heterocycles. The van der Waals surface area contributed by atoms with Gasteiger partial charge in [0, 0.05) is 18.3 Å². The molecular formula is C13H15N3O3. The molecule has 1 fully saturated rings. The highest BCUT2D eigenvalue weighted by Gasteiger charge is 2.27. The number of carbonyl (C=O) groups excluding carboxylic acids is 1. The Kier molecular flexibility index (Phi) is 2.85. The Labute approximate surface area is 110 Å². The minimum absolute atomic E-state index is 0.221. The van der Waals surface area contributed by atoms with Crippen molar-refractivity contribution in [3.63, 3.8) is 0 Å². The van der Waals surface area contributed by atoms with Crippen molar-refractivity contribution in [2.75, 3.05) is 13.7 Å². The first kappa shape index (κ1) is 12.0. The molecule has 100 valence electrons. The van der Waals surface area contributed by atoms with E-state index in [-0.39, 0.29) is 5.69 Å². The quantitative estimate of drug-likeness (QED) is 0.785. The van der Waals surface area contributed by atoms with E-state index in [9.17, 15) is 4.79 Å². The second-order valence-electron chi connectivity index (χ2n) is 4.53. The smallest absolute Gasteiger partial charge is 0.358 e. The van der Waals surface area contributed by atoms with Crippen molar-refractivity contribution in [1.29, 1.82) is 0 Å². The van der Waals surface area contributed by atoms with E-state index in [1.165, 1.54) is 20.0 Å². The summed E-state index contributed by atoms with van der Waals surface area (Å²) in [6.07, 6.45) is 5.91. The topological polar surface area (TPSA) is 65.7 Å². The summed E-state index contributed by atoms with van der Waals surface area (Å²) in [6.45, 7) is 2.34. The molecule has 3 rings (SSSR count). The zero-order chi connectivity index (χ0) is 13.4. The van der Waals surface area contributed by atoms with Crippen molar-refractivity contribution in [3.05, 3.63) is 23.8 Å². The number of hydrogen-bond donors (Lipinski definition) is 0. The van der Waals surface area contributed by atoms with Crippen LogP contribution in [0.25, 0.3) is 5.65 Å². The summed E-state index contributed by atoms with van der Waals surface area (Å²) in [7, 11) is 1.33. The second kappa shape index (κ2) is 4.53. The number of imidazole rings is 1. The summed E-state index contributed by atoms with van der Waals surface area (Å²) in [4.78, 5) is 20.3. The van der Waals surface area contributed by atoms with Gasteiger partial charge >= 0.3 is 5.97 Å². The molecule has 0 amide bonds. The molecule has 1 aliphatic rings. The van der Waals surface area contributed by atoms with Gasteiger partial charge in [0.1, 0.15) is 0 Å². The highest BCUT2D eigenvalue weighted by molar-refractivity contribution is 5.87. The maximum Gasteiger partial charge on any atom is 0.358 e. The molecule has 1 aliphatic carbocycles. The van der Waals surface area contributed by atoms with Crippen LogP contribution in [0, 0.1) is 0 Å². The Morgan fingerprint density at radius 1 is 1.42 bits per heavy atom. The molecule has 0 saturated heterocycles. The number of aromatic nitrogens is 3. The van der Waals surface area contributed by atoms with Gasteiger partial charge in [-0.15, -0.1) is 0 Å². The Hall–Kier alpha value is -2.11. The number of fused-ring (bicyclic) bond motifs is 1. The van der Waals surface area contributed by atoms with Crippen LogP contribution in [-0.4, -0.2) is 34.1 Å². The predicted octanol–water partition coefficient (Wildman–Crippen LogP) is 1.79. The fourth-order valence-corrected chi connectivity index (χ4v) is 2.00. The van der Waals surface area contributed by atoms with Gasteiger partial charge in [0.15, 0.2) is 5.69 Å². The lowest BCUT2D eigenvalue weighted by atomic mass is 10.3. The maximum atomic E-state index is 11.6. The van der Waals surface area contributed by atoms with Gasteiger partial charge in [-0.2, -0.15) is 0 Å². The van der Waals surface area contributed by atoms with Crippen LogP contribution in [0.2, 0.25) is 0 Å². The summed E-state index contributed by atoms with van der Waals surface area (Å²) in [5.41, 5.74) is 1.90. The van der Waals surface area contributed by atoms with E-state index < -0.39 is 5.97 Å². The maximum absolute atomic E-state index is 11.6. The molecule has 0 unspecified atom stereocenters. The number of hydrogen-bond acceptors (Lipinski definition) is 5. The number of rotatable bonds is 4. The van der Waals surface area contributed by atoms with Gasteiger partial charge in [0.25, 0.3) is 5.88 Å². The van der Waals surface area contributed by atoms with Gasteiger partial charge in [-0.1, -0.05) is 0 Å². The largest absolute Gasteiger partial charge is 0.475 e. The van der Waals surface area contributed by atoms with Crippen LogP contribution in [0.1, 0.15) is 41.9 Å². The van der Waals surface area contributed by atoms with Crippen LogP contribution in [0.15, 0.2) is 12.4 Å². The van der Waals surface area contributed by atoms with E-state index in [0.29, 0.717) is 24.1 Å². The van der Waals surface area contributed by atoms with Crippen LogP contribution in [0.5, 0.6) is 5.88 Å². The van der Waals surface area contributed by atoms with Crippen LogP contribution < -0.4 is 4.74 Å². The molecule has 1 saturated carbocycles. The molecule has 6 nitrogen and oxygen atoms in total. The van der Waals surface area contributed by atoms with Crippen LogP contribution >= 0.6 is 0 Å². The van der Waals surface area contributed by atoms with Gasteiger partial charge in [0.05, 0.1) is 19.4 Å². The number of esters is 1. The van der Waals surface area contributed by atoms with Crippen LogP contribution in [-0.2, 0) is 4.74 Å². The van der Waals surface area contributed by atoms with Crippen molar-refractivity contribution in [1.82, 2.24) is 14.4 Å². The summed E-state index contributed by atoms with van der Waals surface area (Å²) < 4.78 is 11.9. The summed E-state index contributed by atoms with van der Waals surface area (Å²) >= 11 is 0. The molecule has 0 aromatic carbocycles. The number of nitrogens with zero attached hydrogens (tertiary/aromatic N) is 3. The van der Waals surface area contributed by atoms with Crippen molar-refractivity contribution >= 4 is 11.6 Å². The highest BCUT2D eigenvalue weighted by Crippen LogP contribution is 2.39. The first-order chi connectivity index (χ1) is 9.22. The summed E-state index contributed by atoms with van der Waals surface area (Å²) in [5.74, 6) is 0.428. The van der Waals surface area contributed by atoms with Gasteiger partial charge in [-0.25, -0.2) is 14.8 Å². The third-order valence-corrected chi connectivity index (χ3v) is 3.10. The molecule has 2 aromatic rings. The van der Waals surface area contributed by atoms with Crippen molar-refractivity contribution in [2.45, 2.75) is 25.7 Å². The van der Waals surface area contributed by atoms with E-state index in [2.05, 4.69) is 9.97 Å². The third kappa shape index (κ3) is 2.14. The van der Waals surface area contributed by atoms with E-state index in [0.717, 1.165) is 5.69 Å². The standard InChI is InChI=1S/C13H15N3O3/c1-3-19-12-11-14-9(8-4-5-8)6-16(11)7-10(15-12)13(17)18-2/h6-8H,3-5H2,1-2H3. The van der Waals surface area contributed by atoms with Crippen molar-refractivity contribution < 1.29 is 14.3 Å². The molecule has 0 N–H and O–H groups in total. The molecule has 19 heavy (non-hydrogen) atoms. The zero-order valence-electron chi connectivity index (χ0n) is 10.9. The summed E-state index contributed by atoms with van der Waals surface area (Å²) in [5, 5.41) is 0. The Balaban J connectivity index is 2.12. The molecule has 2 aromatic heterocycles. The SMILES string of the molecule is CCOc1nc(C(=O)OC)cn2cc(C3CC3)nc12. The lowest BCUT2D eigenvalue weighted by Crippen LogP contribution is -2.08. The lowest BCUT2D eigenvalue weighted by Gasteiger charge is -2.06. The van der Waals surface area contributed by atoms with E-state index in [1.54, 1.807) is 10.6 Å². The molecule has 2 heterocycles. The zero-order valence-corrected chi connectivity index (χ0v) is 10.9. The molecule has 0 atom stereocenters. The normalized spacial score (nSPS) is 14.6. The fourth-order valence-electron chi connectivity index (χ4n) is 2.00. The minimum atomic E-state index is -0.482. The van der Waals surface area contributed by atoms with E-state index in [1.807, 2.05) is 13.1 Å². The Bertz CT molecular complexity index is 631. The molecule has 0 radical (unpaired) electrons. The van der Waals surface area contributed by atoms with Gasteiger partial charge < -0.3 is 9.47 Å². The Morgan fingerprint density at radius 3 is 2.84 bits per heavy atom. The predicted molar refractivity (Wildman–Crippen MR) is 67.5 cm³/mol. The molecule has 6 heteroatoms. The molecular weight excluding hydrogens is 246 g/mol. The summed E-state index contributed by atoms with van der Waals surface area (Å²) in [6, 6.07) is 0. The lowest BCUT2D eigenvalue weighted by molar-refractivity contribution is 0.0592. The van der Waals surface area contributed by atoms with Gasteiger partial charge in [0.2, 0.25) is 5.65 Å². The van der Waals surface area contributed by atoms with E-state index >= 15 is 0 Å². The fraction of sp³-hybridized carbons (Fsp3) is 0.462. The van der Waals surface area contributed by atoms with Crippen molar-refractivity contribution in [3.8, 4) is 5.88 Å². The first-order valence-corrected chi connectivity index (χ1v) is 6.33. The van der Waals surface area contributed by atoms with Gasteiger partial charge in [-0.05, 0) is 19.8 Å². The first-order valence-electron chi connectivity index (χ1n) is 6.33. The van der Waals surface area contributed by atoms with Crippen LogP contribution in [0.4, 0.5) is 0 Å². The average molecular weight is 261 g/mol. The number of carbonyl (C=O) groups is 1. The van der Waals surface area contributed by atoms with E-state index in [4.69, 9.17) is 9.47 Å². The Morgan fingerprint density at radius 2 is 2.21 bits per heavy atom. The molecule has 0 spiro atoms. The third-order valence-electron chi connectivity index (χ3n) is 3.10.